The molecule has 0 saturated heterocycles. The third-order valence-electron chi connectivity index (χ3n) is 2.38. The summed E-state index contributed by atoms with van der Waals surface area (Å²) in [6.45, 7) is 8.75. The monoisotopic (exact) mass is 193 g/mol. The van der Waals surface area contributed by atoms with Gasteiger partial charge in [-0.25, -0.2) is 0 Å². The summed E-state index contributed by atoms with van der Waals surface area (Å²) in [4.78, 5) is 0. The van der Waals surface area contributed by atoms with E-state index in [0.29, 0.717) is 12.3 Å². The lowest BCUT2D eigenvalue weighted by molar-refractivity contribution is 0.461. The molecule has 0 aliphatic rings. The highest BCUT2D eigenvalue weighted by Gasteiger charge is 2.19. The zero-order valence-corrected chi connectivity index (χ0v) is 9.39. The lowest BCUT2D eigenvalue weighted by Gasteiger charge is -2.23. The second-order valence-electron chi connectivity index (χ2n) is 4.76. The van der Waals surface area contributed by atoms with Gasteiger partial charge in [0, 0.05) is 12.1 Å². The lowest BCUT2D eigenvalue weighted by atomic mass is 9.82. The van der Waals surface area contributed by atoms with Crippen molar-refractivity contribution in [3.8, 4) is 5.75 Å². The molecular formula is C12H19NO. The summed E-state index contributed by atoms with van der Waals surface area (Å²) in [5, 5.41) is 9.76. The number of rotatable bonds is 1. The normalized spacial score (nSPS) is 11.8. The maximum absolute atomic E-state index is 9.76. The fraction of sp³-hybridized carbons (Fsp3) is 0.500. The Kier molecular flexibility index (Phi) is 2.86. The number of hydrogen-bond donors (Lipinski definition) is 2. The molecule has 3 N–H and O–H groups in total. The van der Waals surface area contributed by atoms with Gasteiger partial charge in [-0.2, -0.15) is 0 Å². The van der Waals surface area contributed by atoms with Gasteiger partial charge in [0.2, 0.25) is 0 Å². The average Bonchev–Trinajstić information content (AvgIpc) is 2.01. The molecule has 0 amide bonds. The summed E-state index contributed by atoms with van der Waals surface area (Å²) in [5.41, 5.74) is 8.74. The molecule has 0 fully saturated rings. The molecule has 0 aliphatic carbocycles. The number of nitrogens with two attached hydrogens (primary N) is 1. The first-order valence-corrected chi connectivity index (χ1v) is 4.89. The number of aryl methyl sites for hydroxylation is 1. The smallest absolute Gasteiger partial charge is 0.120 e. The fourth-order valence-corrected chi connectivity index (χ4v) is 1.68. The number of phenols is 1. The van der Waals surface area contributed by atoms with E-state index in [1.54, 1.807) is 6.07 Å². The van der Waals surface area contributed by atoms with Gasteiger partial charge in [0.1, 0.15) is 5.75 Å². The van der Waals surface area contributed by atoms with Crippen LogP contribution in [0.2, 0.25) is 0 Å². The summed E-state index contributed by atoms with van der Waals surface area (Å²) in [6.07, 6.45) is 0. The van der Waals surface area contributed by atoms with Crippen molar-refractivity contribution >= 4 is 0 Å². The van der Waals surface area contributed by atoms with Crippen molar-refractivity contribution in [3.05, 3.63) is 28.8 Å². The van der Waals surface area contributed by atoms with Gasteiger partial charge in [-0.1, -0.05) is 26.8 Å². The quantitative estimate of drug-likeness (QED) is 0.719. The third-order valence-corrected chi connectivity index (χ3v) is 2.38. The lowest BCUT2D eigenvalue weighted by Crippen LogP contribution is -2.16. The minimum Gasteiger partial charge on any atom is -0.508 e. The number of aromatic hydroxyl groups is 1. The van der Waals surface area contributed by atoms with Crippen LogP contribution in [-0.4, -0.2) is 5.11 Å². The number of phenolic OH excluding ortho intramolecular Hbond substituents is 1. The first kappa shape index (κ1) is 11.1. The molecule has 0 saturated carbocycles. The van der Waals surface area contributed by atoms with E-state index >= 15 is 0 Å². The Balaban J connectivity index is 3.40. The van der Waals surface area contributed by atoms with Crippen molar-refractivity contribution in [3.63, 3.8) is 0 Å². The molecule has 0 aliphatic heterocycles. The second-order valence-corrected chi connectivity index (χ2v) is 4.76. The Labute approximate surface area is 85.8 Å². The molecule has 1 rings (SSSR count). The summed E-state index contributed by atoms with van der Waals surface area (Å²) in [6, 6.07) is 3.86. The van der Waals surface area contributed by atoms with Crippen molar-refractivity contribution in [1.29, 1.82) is 0 Å². The maximum atomic E-state index is 9.76. The van der Waals surface area contributed by atoms with Crippen LogP contribution in [0, 0.1) is 6.92 Å². The Hall–Kier alpha value is -1.02. The molecule has 2 nitrogen and oxygen atoms in total. The second kappa shape index (κ2) is 3.62. The van der Waals surface area contributed by atoms with Crippen LogP contribution in [-0.2, 0) is 12.0 Å². The predicted molar refractivity (Wildman–Crippen MR) is 59.4 cm³/mol. The zero-order chi connectivity index (χ0) is 10.9. The molecule has 2 heteroatoms. The molecule has 14 heavy (non-hydrogen) atoms. The van der Waals surface area contributed by atoms with Gasteiger partial charge in [0.25, 0.3) is 0 Å². The van der Waals surface area contributed by atoms with E-state index in [1.807, 2.05) is 6.92 Å². The first-order chi connectivity index (χ1) is 6.36. The van der Waals surface area contributed by atoms with Gasteiger partial charge in [-0.15, -0.1) is 0 Å². The summed E-state index contributed by atoms with van der Waals surface area (Å²) < 4.78 is 0. The Morgan fingerprint density at radius 2 is 1.86 bits per heavy atom. The van der Waals surface area contributed by atoms with Crippen LogP contribution in [0.1, 0.15) is 37.5 Å². The Morgan fingerprint density at radius 3 is 2.29 bits per heavy atom. The van der Waals surface area contributed by atoms with Crippen LogP contribution in [0.4, 0.5) is 0 Å². The predicted octanol–water partition coefficient (Wildman–Crippen LogP) is 2.46. The van der Waals surface area contributed by atoms with E-state index in [2.05, 4.69) is 26.8 Å². The van der Waals surface area contributed by atoms with E-state index in [0.717, 1.165) is 16.7 Å². The van der Waals surface area contributed by atoms with Crippen molar-refractivity contribution in [1.82, 2.24) is 0 Å². The van der Waals surface area contributed by atoms with E-state index in [-0.39, 0.29) is 5.41 Å². The van der Waals surface area contributed by atoms with E-state index in [4.69, 9.17) is 5.73 Å². The van der Waals surface area contributed by atoms with Gasteiger partial charge in [-0.05, 0) is 29.5 Å². The first-order valence-electron chi connectivity index (χ1n) is 4.89. The molecule has 0 atom stereocenters. The SMILES string of the molecule is Cc1cc(O)c(CN)c(C(C)(C)C)c1. The van der Waals surface area contributed by atoms with Gasteiger partial charge >= 0.3 is 0 Å². The molecule has 0 heterocycles. The largest absolute Gasteiger partial charge is 0.508 e. The molecule has 1 aromatic rings. The highest BCUT2D eigenvalue weighted by atomic mass is 16.3. The molecule has 0 bridgehead atoms. The fourth-order valence-electron chi connectivity index (χ4n) is 1.68. The molecule has 0 radical (unpaired) electrons. The van der Waals surface area contributed by atoms with Crippen LogP contribution in [0.3, 0.4) is 0 Å². The minimum atomic E-state index is 0.0260. The van der Waals surface area contributed by atoms with Crippen LogP contribution in [0.25, 0.3) is 0 Å². The topological polar surface area (TPSA) is 46.2 Å². The highest BCUT2D eigenvalue weighted by Crippen LogP contribution is 2.32. The van der Waals surface area contributed by atoms with Crippen molar-refractivity contribution in [2.75, 3.05) is 0 Å². The molecule has 1 aromatic carbocycles. The standard InChI is InChI=1S/C12H19NO/c1-8-5-10(12(2,3)4)9(7-13)11(14)6-8/h5-6,14H,7,13H2,1-4H3. The van der Waals surface area contributed by atoms with E-state index in [9.17, 15) is 5.11 Å². The van der Waals surface area contributed by atoms with Crippen molar-refractivity contribution in [2.24, 2.45) is 5.73 Å². The van der Waals surface area contributed by atoms with Crippen molar-refractivity contribution < 1.29 is 5.11 Å². The van der Waals surface area contributed by atoms with Crippen LogP contribution < -0.4 is 5.73 Å². The van der Waals surface area contributed by atoms with Crippen LogP contribution >= 0.6 is 0 Å². The minimum absolute atomic E-state index is 0.0260. The highest BCUT2D eigenvalue weighted by molar-refractivity contribution is 5.45. The van der Waals surface area contributed by atoms with Gasteiger partial charge in [-0.3, -0.25) is 0 Å². The van der Waals surface area contributed by atoms with E-state index in [1.165, 1.54) is 0 Å². The third kappa shape index (κ3) is 2.07. The van der Waals surface area contributed by atoms with Crippen LogP contribution in [0.15, 0.2) is 12.1 Å². The molecule has 0 spiro atoms. The molecule has 0 unspecified atom stereocenters. The van der Waals surface area contributed by atoms with E-state index < -0.39 is 0 Å². The maximum Gasteiger partial charge on any atom is 0.120 e. The van der Waals surface area contributed by atoms with Gasteiger partial charge in [0.15, 0.2) is 0 Å². The van der Waals surface area contributed by atoms with Gasteiger partial charge < -0.3 is 10.8 Å². The summed E-state index contributed by atoms with van der Waals surface area (Å²) in [7, 11) is 0. The zero-order valence-electron chi connectivity index (χ0n) is 9.39. The van der Waals surface area contributed by atoms with Crippen LogP contribution in [0.5, 0.6) is 5.75 Å². The average molecular weight is 193 g/mol. The van der Waals surface area contributed by atoms with Crippen molar-refractivity contribution in [2.45, 2.75) is 39.7 Å². The Morgan fingerprint density at radius 1 is 1.29 bits per heavy atom. The molecule has 78 valence electrons. The number of benzene rings is 1. The molecule has 0 aromatic heterocycles. The van der Waals surface area contributed by atoms with Gasteiger partial charge in [0.05, 0.1) is 0 Å². The molecular weight excluding hydrogens is 174 g/mol. The summed E-state index contributed by atoms with van der Waals surface area (Å²) in [5.74, 6) is 0.317. The summed E-state index contributed by atoms with van der Waals surface area (Å²) >= 11 is 0. The Bertz CT molecular complexity index is 337. The number of hydrogen-bond acceptors (Lipinski definition) is 2.